The molecule has 3 aliphatic rings. The number of anilines is 1. The fourth-order valence-electron chi connectivity index (χ4n) is 4.28. The molecule has 3 heterocycles. The van der Waals surface area contributed by atoms with Crippen LogP contribution in [-0.4, -0.2) is 54.8 Å². The molecule has 0 aromatic heterocycles. The van der Waals surface area contributed by atoms with Crippen LogP contribution in [0.1, 0.15) is 34.8 Å². The molecule has 0 spiro atoms. The molecule has 0 saturated carbocycles. The summed E-state index contributed by atoms with van der Waals surface area (Å²) < 4.78 is 11.3. The van der Waals surface area contributed by atoms with E-state index >= 15 is 0 Å². The van der Waals surface area contributed by atoms with Gasteiger partial charge in [0.2, 0.25) is 0 Å². The first kappa shape index (κ1) is 20.2. The number of ether oxygens (including phenoxy) is 2. The number of carbonyl (C=O) groups is 2. The van der Waals surface area contributed by atoms with Crippen LogP contribution < -0.4 is 10.1 Å². The van der Waals surface area contributed by atoms with Crippen LogP contribution in [0, 0.1) is 5.92 Å². The number of piperidine rings is 3. The Morgan fingerprint density at radius 3 is 2.47 bits per heavy atom. The Bertz CT molecular complexity index is 909. The highest BCUT2D eigenvalue weighted by Crippen LogP contribution is 2.33. The first-order valence-electron chi connectivity index (χ1n) is 10.2. The molecule has 2 bridgehead atoms. The van der Waals surface area contributed by atoms with Gasteiger partial charge < -0.3 is 19.9 Å². The predicted molar refractivity (Wildman–Crippen MR) is 112 cm³/mol. The third-order valence-electron chi connectivity index (χ3n) is 5.98. The van der Waals surface area contributed by atoms with Gasteiger partial charge >= 0.3 is 11.9 Å². The summed E-state index contributed by atoms with van der Waals surface area (Å²) in [7, 11) is 1.47. The molecule has 158 valence electrons. The van der Waals surface area contributed by atoms with Crippen molar-refractivity contribution < 1.29 is 24.2 Å². The van der Waals surface area contributed by atoms with Crippen molar-refractivity contribution in [3.8, 4) is 5.75 Å². The number of hydrogen-bond acceptors (Lipinski definition) is 6. The fraction of sp³-hybridized carbons (Fsp3) is 0.391. The topological polar surface area (TPSA) is 88.1 Å². The summed E-state index contributed by atoms with van der Waals surface area (Å²) in [6.07, 6.45) is 2.03. The van der Waals surface area contributed by atoms with Crippen molar-refractivity contribution >= 4 is 17.6 Å². The van der Waals surface area contributed by atoms with Gasteiger partial charge in [-0.25, -0.2) is 9.59 Å². The molecule has 7 heteroatoms. The van der Waals surface area contributed by atoms with E-state index in [0.717, 1.165) is 38.0 Å². The van der Waals surface area contributed by atoms with E-state index in [1.54, 1.807) is 6.07 Å². The fourth-order valence-corrected chi connectivity index (χ4v) is 4.28. The van der Waals surface area contributed by atoms with Crippen molar-refractivity contribution in [3.63, 3.8) is 0 Å². The van der Waals surface area contributed by atoms with E-state index in [9.17, 15) is 14.7 Å². The molecule has 0 aliphatic carbocycles. The quantitative estimate of drug-likeness (QED) is 0.678. The molecule has 0 amide bonds. The Balaban J connectivity index is 1.58. The van der Waals surface area contributed by atoms with Gasteiger partial charge in [0.25, 0.3) is 0 Å². The van der Waals surface area contributed by atoms with Gasteiger partial charge in [-0.3, -0.25) is 4.90 Å². The number of carboxylic acids is 1. The maximum atomic E-state index is 13.2. The number of carboxylic acid groups (broad SMARTS) is 1. The lowest BCUT2D eigenvalue weighted by molar-refractivity contribution is -0.159. The molecule has 5 rings (SSSR count). The molecule has 2 aromatic carbocycles. The summed E-state index contributed by atoms with van der Waals surface area (Å²) in [4.78, 5) is 26.8. The van der Waals surface area contributed by atoms with E-state index in [-0.39, 0.29) is 17.6 Å². The second kappa shape index (κ2) is 8.75. The highest BCUT2D eigenvalue weighted by molar-refractivity contribution is 5.89. The number of hydrogen-bond donors (Lipinski definition) is 2. The van der Waals surface area contributed by atoms with Gasteiger partial charge in [0, 0.05) is 6.54 Å². The lowest BCUT2D eigenvalue weighted by Gasteiger charge is -2.44. The lowest BCUT2D eigenvalue weighted by Crippen LogP contribution is -2.52. The van der Waals surface area contributed by atoms with Crippen molar-refractivity contribution in [2.24, 2.45) is 5.92 Å². The standard InChI is InChI=1S/C23H26N2O5/c1-29-19-13-17(22(26)27)7-8-18(19)24-21(16-5-3-2-4-6-16)23(28)30-20-14-25-11-9-15(20)10-12-25/h2-8,13,15,20-21,24H,9-12,14H2,1H3,(H,26,27)/t20-,21?/m0/s1. The number of carbonyl (C=O) groups excluding carboxylic acids is 1. The SMILES string of the molecule is COc1cc(C(=O)O)ccc1NC(C(=O)O[C@H]1CN2CCC1CC2)c1ccccc1. The number of aromatic carboxylic acids is 1. The van der Waals surface area contributed by atoms with E-state index in [2.05, 4.69) is 10.2 Å². The van der Waals surface area contributed by atoms with Gasteiger partial charge in [0.15, 0.2) is 6.04 Å². The van der Waals surface area contributed by atoms with Crippen LogP contribution in [0.2, 0.25) is 0 Å². The lowest BCUT2D eigenvalue weighted by atomic mass is 9.86. The molecule has 7 nitrogen and oxygen atoms in total. The van der Waals surface area contributed by atoms with Crippen LogP contribution in [0.15, 0.2) is 48.5 Å². The van der Waals surface area contributed by atoms with Gasteiger partial charge in [0.1, 0.15) is 11.9 Å². The van der Waals surface area contributed by atoms with E-state index in [4.69, 9.17) is 9.47 Å². The van der Waals surface area contributed by atoms with Crippen molar-refractivity contribution in [1.82, 2.24) is 4.90 Å². The zero-order chi connectivity index (χ0) is 21.1. The molecule has 0 radical (unpaired) electrons. The third-order valence-corrected chi connectivity index (χ3v) is 5.98. The molecule has 3 saturated heterocycles. The normalized spacial score (nSPS) is 23.4. The zero-order valence-electron chi connectivity index (χ0n) is 16.9. The van der Waals surface area contributed by atoms with Gasteiger partial charge in [0.05, 0.1) is 18.4 Å². The van der Waals surface area contributed by atoms with Gasteiger partial charge in [-0.15, -0.1) is 0 Å². The number of esters is 1. The Morgan fingerprint density at radius 1 is 1.13 bits per heavy atom. The van der Waals surface area contributed by atoms with Crippen molar-refractivity contribution in [3.05, 3.63) is 59.7 Å². The summed E-state index contributed by atoms with van der Waals surface area (Å²) in [6, 6.07) is 13.2. The average Bonchev–Trinajstić information content (AvgIpc) is 2.78. The number of rotatable bonds is 7. The molecule has 2 atom stereocenters. The van der Waals surface area contributed by atoms with E-state index in [1.165, 1.54) is 19.2 Å². The molecule has 2 N–H and O–H groups in total. The maximum Gasteiger partial charge on any atom is 0.335 e. The van der Waals surface area contributed by atoms with E-state index < -0.39 is 12.0 Å². The summed E-state index contributed by atoms with van der Waals surface area (Å²) in [6.45, 7) is 2.94. The molecule has 30 heavy (non-hydrogen) atoms. The number of nitrogens with zero attached hydrogens (tertiary/aromatic N) is 1. The van der Waals surface area contributed by atoms with Gasteiger partial charge in [-0.05, 0) is 55.6 Å². The molecular formula is C23H26N2O5. The van der Waals surface area contributed by atoms with E-state index in [0.29, 0.717) is 17.4 Å². The number of benzene rings is 2. The highest BCUT2D eigenvalue weighted by Gasteiger charge is 2.38. The minimum atomic E-state index is -1.04. The third kappa shape index (κ3) is 4.26. The largest absolute Gasteiger partial charge is 0.495 e. The van der Waals surface area contributed by atoms with Crippen LogP contribution in [-0.2, 0) is 9.53 Å². The Kier molecular flexibility index (Phi) is 5.90. The van der Waals surface area contributed by atoms with Crippen LogP contribution in [0.3, 0.4) is 0 Å². The van der Waals surface area contributed by atoms with Crippen LogP contribution in [0.5, 0.6) is 5.75 Å². The Labute approximate surface area is 175 Å². The molecule has 2 aromatic rings. The number of methoxy groups -OCH3 is 1. The Morgan fingerprint density at radius 2 is 1.87 bits per heavy atom. The van der Waals surface area contributed by atoms with Crippen molar-refractivity contribution in [2.75, 3.05) is 32.1 Å². The van der Waals surface area contributed by atoms with Gasteiger partial charge in [-0.2, -0.15) is 0 Å². The highest BCUT2D eigenvalue weighted by atomic mass is 16.5. The number of nitrogens with one attached hydrogen (secondary N) is 1. The smallest absolute Gasteiger partial charge is 0.335 e. The van der Waals surface area contributed by atoms with Crippen LogP contribution in [0.4, 0.5) is 5.69 Å². The van der Waals surface area contributed by atoms with Crippen molar-refractivity contribution in [2.45, 2.75) is 25.0 Å². The van der Waals surface area contributed by atoms with Gasteiger partial charge in [-0.1, -0.05) is 30.3 Å². The summed E-state index contributed by atoms with van der Waals surface area (Å²) in [5.41, 5.74) is 1.42. The van der Waals surface area contributed by atoms with Crippen LogP contribution in [0.25, 0.3) is 0 Å². The molecule has 3 fully saturated rings. The predicted octanol–water partition coefficient (Wildman–Crippen LogP) is 3.18. The first-order chi connectivity index (χ1) is 14.5. The molecular weight excluding hydrogens is 384 g/mol. The molecule has 3 aliphatic heterocycles. The second-order valence-electron chi connectivity index (χ2n) is 7.82. The first-order valence-corrected chi connectivity index (χ1v) is 10.2. The maximum absolute atomic E-state index is 13.2. The van der Waals surface area contributed by atoms with E-state index in [1.807, 2.05) is 30.3 Å². The summed E-state index contributed by atoms with van der Waals surface area (Å²) in [5, 5.41) is 12.4. The summed E-state index contributed by atoms with van der Waals surface area (Å²) >= 11 is 0. The second-order valence-corrected chi connectivity index (χ2v) is 7.82. The van der Waals surface area contributed by atoms with Crippen LogP contribution >= 0.6 is 0 Å². The monoisotopic (exact) mass is 410 g/mol. The average molecular weight is 410 g/mol. The number of fused-ring (bicyclic) bond motifs is 3. The minimum Gasteiger partial charge on any atom is -0.495 e. The zero-order valence-corrected chi connectivity index (χ0v) is 16.9. The minimum absolute atomic E-state index is 0.0932. The molecule has 1 unspecified atom stereocenters. The summed E-state index contributed by atoms with van der Waals surface area (Å²) in [5.74, 6) is -0.614. The Hall–Kier alpha value is -3.06. The van der Waals surface area contributed by atoms with Crippen molar-refractivity contribution in [1.29, 1.82) is 0 Å².